The monoisotopic (exact) mass is 548 g/mol. The minimum absolute atomic E-state index is 0.00253. The Morgan fingerprint density at radius 2 is 1.55 bits per heavy atom. The minimum Gasteiger partial charge on any atom is -0.508 e. The van der Waals surface area contributed by atoms with E-state index in [1.807, 2.05) is 0 Å². The van der Waals surface area contributed by atoms with Crippen molar-refractivity contribution in [1.29, 1.82) is 0 Å². The summed E-state index contributed by atoms with van der Waals surface area (Å²) in [6.45, 7) is 3.49. The summed E-state index contributed by atoms with van der Waals surface area (Å²) in [6.07, 6.45) is 0. The van der Waals surface area contributed by atoms with Gasteiger partial charge in [-0.25, -0.2) is 23.1 Å². The van der Waals surface area contributed by atoms with Gasteiger partial charge in [-0.15, -0.1) is 0 Å². The van der Waals surface area contributed by atoms with Gasteiger partial charge in [-0.3, -0.25) is 9.78 Å². The number of aromatic amines is 2. The van der Waals surface area contributed by atoms with Crippen LogP contribution in [0.2, 0.25) is 0 Å². The van der Waals surface area contributed by atoms with E-state index in [9.17, 15) is 18.3 Å². The first-order valence-corrected chi connectivity index (χ1v) is 13.0. The first kappa shape index (κ1) is 25.0. The molecule has 0 aliphatic carbocycles. The Morgan fingerprint density at radius 3 is 2.21 bits per heavy atom. The number of nitrogens with zero attached hydrogens (tertiary/aromatic N) is 4. The summed E-state index contributed by atoms with van der Waals surface area (Å²) in [7, 11) is -3.93. The van der Waals surface area contributed by atoms with Crippen molar-refractivity contribution < 1.29 is 13.5 Å². The van der Waals surface area contributed by atoms with E-state index in [-0.39, 0.29) is 38.3 Å². The molecule has 0 atom stereocenters. The van der Waals surface area contributed by atoms with Gasteiger partial charge in [0, 0.05) is 17.1 Å². The molecule has 0 radical (unpaired) electrons. The molecule has 0 aliphatic heterocycles. The van der Waals surface area contributed by atoms with Gasteiger partial charge in [-0.1, -0.05) is 0 Å². The van der Waals surface area contributed by atoms with Crippen molar-refractivity contribution in [2.45, 2.75) is 18.7 Å². The van der Waals surface area contributed by atoms with Crippen molar-refractivity contribution in [2.24, 2.45) is 0 Å². The van der Waals surface area contributed by atoms with Gasteiger partial charge in [-0.05, 0) is 86.2 Å². The zero-order valence-corrected chi connectivity index (χ0v) is 21.6. The lowest BCUT2D eigenvalue weighted by molar-refractivity contribution is 0.475. The van der Waals surface area contributed by atoms with Crippen molar-refractivity contribution in [2.75, 3.05) is 10.0 Å². The van der Waals surface area contributed by atoms with E-state index in [0.717, 1.165) is 0 Å². The molecule has 0 saturated heterocycles. The van der Waals surface area contributed by atoms with E-state index in [4.69, 9.17) is 12.2 Å². The molecule has 14 heteroatoms. The second kappa shape index (κ2) is 9.64. The molecule has 0 amide bonds. The summed E-state index contributed by atoms with van der Waals surface area (Å²) in [4.78, 5) is 35.3. The number of sulfonamides is 1. The highest BCUT2D eigenvalue weighted by Crippen LogP contribution is 2.25. The number of nitrogens with one attached hydrogen (secondary N) is 4. The molecule has 38 heavy (non-hydrogen) atoms. The molecule has 3 heterocycles. The van der Waals surface area contributed by atoms with Crippen LogP contribution in [0.25, 0.3) is 22.3 Å². The number of phenolic OH excluding ortho intramolecular Hbond substituents is 1. The summed E-state index contributed by atoms with van der Waals surface area (Å²) >= 11 is 5.22. The standard InChI is InChI=1S/C24H20N8O4S2/c1-12-11-13(2)26-23(25-12)32-38(35,36)17-9-5-15(6-10-17)27-22-29-20-18(21(34)31-22)19(28-24(37)30-20)14-3-7-16(33)8-4-14/h3-11,33H,1-2H3,(H,25,26,32)(H3,27,28,29,30,31,34,37). The van der Waals surface area contributed by atoms with Crippen LogP contribution in [0, 0.1) is 18.6 Å². The maximum absolute atomic E-state index is 13.0. The second-order valence-corrected chi connectivity index (χ2v) is 10.4. The Balaban J connectivity index is 1.43. The van der Waals surface area contributed by atoms with Gasteiger partial charge in [0.2, 0.25) is 11.9 Å². The quantitative estimate of drug-likeness (QED) is 0.196. The summed E-state index contributed by atoms with van der Waals surface area (Å²) in [5.74, 6) is 0.155. The number of hydrogen-bond acceptors (Lipinski definition) is 10. The van der Waals surface area contributed by atoms with Crippen LogP contribution >= 0.6 is 12.2 Å². The number of aromatic hydroxyl groups is 1. The predicted octanol–water partition coefficient (Wildman–Crippen LogP) is 3.70. The summed E-state index contributed by atoms with van der Waals surface area (Å²) in [6, 6.07) is 13.8. The van der Waals surface area contributed by atoms with Gasteiger partial charge in [0.25, 0.3) is 15.6 Å². The summed E-state index contributed by atoms with van der Waals surface area (Å²) in [5, 5.41) is 12.7. The van der Waals surface area contributed by atoms with E-state index < -0.39 is 15.6 Å². The summed E-state index contributed by atoms with van der Waals surface area (Å²) < 4.78 is 28.1. The molecule has 5 N–H and O–H groups in total. The number of anilines is 3. The SMILES string of the molecule is Cc1cc(C)nc(NS(=O)(=O)c2ccc(Nc3nc4nc(=S)[nH]c(-c5ccc(O)cc5)c4c(=O)[nH]3)cc2)n1. The van der Waals surface area contributed by atoms with E-state index >= 15 is 0 Å². The Morgan fingerprint density at radius 1 is 0.895 bits per heavy atom. The topological polar surface area (TPSA) is 179 Å². The smallest absolute Gasteiger partial charge is 0.264 e. The third kappa shape index (κ3) is 5.21. The molecule has 0 aliphatic rings. The highest BCUT2D eigenvalue weighted by molar-refractivity contribution is 7.92. The number of benzene rings is 2. The van der Waals surface area contributed by atoms with E-state index in [1.54, 1.807) is 32.0 Å². The third-order valence-corrected chi connectivity index (χ3v) is 6.92. The highest BCUT2D eigenvalue weighted by atomic mass is 32.2. The van der Waals surface area contributed by atoms with Gasteiger partial charge in [-0.2, -0.15) is 9.97 Å². The molecule has 12 nitrogen and oxygen atoms in total. The van der Waals surface area contributed by atoms with Gasteiger partial charge >= 0.3 is 0 Å². The number of hydrogen-bond donors (Lipinski definition) is 5. The molecular formula is C24H20N8O4S2. The molecule has 0 unspecified atom stereocenters. The highest BCUT2D eigenvalue weighted by Gasteiger charge is 2.17. The third-order valence-electron chi connectivity index (χ3n) is 5.38. The van der Waals surface area contributed by atoms with Gasteiger partial charge in [0.1, 0.15) is 11.1 Å². The molecule has 2 aromatic carbocycles. The maximum Gasteiger partial charge on any atom is 0.264 e. The van der Waals surface area contributed by atoms with Crippen LogP contribution in [0.1, 0.15) is 11.4 Å². The lowest BCUT2D eigenvalue weighted by Crippen LogP contribution is -2.16. The number of fused-ring (bicyclic) bond motifs is 1. The van der Waals surface area contributed by atoms with Crippen LogP contribution in [0.15, 0.2) is 64.3 Å². The molecule has 0 bridgehead atoms. The van der Waals surface area contributed by atoms with E-state index in [0.29, 0.717) is 28.3 Å². The Bertz CT molecular complexity index is 1880. The molecule has 3 aromatic heterocycles. The molecular weight excluding hydrogens is 528 g/mol. The van der Waals surface area contributed by atoms with Gasteiger partial charge < -0.3 is 15.4 Å². The number of rotatable bonds is 6. The zero-order valence-electron chi connectivity index (χ0n) is 20.0. The van der Waals surface area contributed by atoms with Crippen molar-refractivity contribution >= 4 is 50.9 Å². The average molecular weight is 549 g/mol. The van der Waals surface area contributed by atoms with Crippen molar-refractivity contribution in [3.8, 4) is 17.0 Å². The van der Waals surface area contributed by atoms with Crippen LogP contribution < -0.4 is 15.6 Å². The second-order valence-electron chi connectivity index (χ2n) is 8.31. The molecule has 0 saturated carbocycles. The number of phenols is 1. The Labute approximate surface area is 221 Å². The number of aromatic nitrogens is 6. The first-order chi connectivity index (χ1) is 18.1. The van der Waals surface area contributed by atoms with E-state index in [1.165, 1.54) is 36.4 Å². The Kier molecular flexibility index (Phi) is 6.34. The predicted molar refractivity (Wildman–Crippen MR) is 144 cm³/mol. The average Bonchev–Trinajstić information content (AvgIpc) is 2.83. The van der Waals surface area contributed by atoms with Crippen LogP contribution in [-0.4, -0.2) is 43.4 Å². The van der Waals surface area contributed by atoms with Crippen LogP contribution in [0.4, 0.5) is 17.6 Å². The van der Waals surface area contributed by atoms with Crippen LogP contribution in [0.3, 0.4) is 0 Å². The number of aryl methyl sites for hydroxylation is 2. The van der Waals surface area contributed by atoms with Crippen molar-refractivity contribution in [1.82, 2.24) is 29.9 Å². The van der Waals surface area contributed by atoms with Gasteiger partial charge in [0.05, 0.1) is 10.6 Å². The fourth-order valence-electron chi connectivity index (χ4n) is 3.77. The maximum atomic E-state index is 13.0. The van der Waals surface area contributed by atoms with E-state index in [2.05, 4.69) is 39.9 Å². The molecule has 5 aromatic rings. The molecule has 5 rings (SSSR count). The Hall–Kier alpha value is -4.69. The fourth-order valence-corrected chi connectivity index (χ4v) is 4.90. The number of H-pyrrole nitrogens is 2. The fraction of sp³-hybridized carbons (Fsp3) is 0.0833. The lowest BCUT2D eigenvalue weighted by atomic mass is 10.1. The van der Waals surface area contributed by atoms with Crippen LogP contribution in [0.5, 0.6) is 5.75 Å². The lowest BCUT2D eigenvalue weighted by Gasteiger charge is -2.10. The van der Waals surface area contributed by atoms with Crippen molar-refractivity contribution in [3.05, 3.63) is 81.1 Å². The largest absolute Gasteiger partial charge is 0.508 e. The molecule has 0 spiro atoms. The zero-order chi connectivity index (χ0) is 27.0. The first-order valence-electron chi connectivity index (χ1n) is 11.1. The van der Waals surface area contributed by atoms with Gasteiger partial charge in [0.15, 0.2) is 10.4 Å². The summed E-state index contributed by atoms with van der Waals surface area (Å²) in [5.41, 5.74) is 2.40. The van der Waals surface area contributed by atoms with Crippen LogP contribution in [-0.2, 0) is 10.0 Å². The minimum atomic E-state index is -3.93. The normalized spacial score (nSPS) is 11.4. The molecule has 192 valence electrons. The van der Waals surface area contributed by atoms with Crippen molar-refractivity contribution in [3.63, 3.8) is 0 Å². The molecule has 0 fully saturated rings.